The Hall–Kier alpha value is -1.87. The smallest absolute Gasteiger partial charge is 0.194 e. The summed E-state index contributed by atoms with van der Waals surface area (Å²) in [5.41, 5.74) is 1.65. The minimum Gasteiger partial charge on any atom is -0.378 e. The molecule has 2 rings (SSSR count). The highest BCUT2D eigenvalue weighted by Crippen LogP contribution is 2.22. The van der Waals surface area contributed by atoms with Gasteiger partial charge in [-0.1, -0.05) is 11.6 Å². The molecular formula is C15H13ClFNO. The Morgan fingerprint density at radius 1 is 1.11 bits per heavy atom. The summed E-state index contributed by atoms with van der Waals surface area (Å²) in [7, 11) is 3.83. The first kappa shape index (κ1) is 13.6. The molecule has 0 radical (unpaired) electrons. The van der Waals surface area contributed by atoms with Gasteiger partial charge in [0.25, 0.3) is 0 Å². The average molecular weight is 278 g/mol. The van der Waals surface area contributed by atoms with Crippen LogP contribution < -0.4 is 4.90 Å². The van der Waals surface area contributed by atoms with Gasteiger partial charge < -0.3 is 4.90 Å². The van der Waals surface area contributed by atoms with Gasteiger partial charge in [-0.15, -0.1) is 0 Å². The Bertz CT molecular complexity index is 608. The molecule has 0 aliphatic heterocycles. The van der Waals surface area contributed by atoms with Crippen molar-refractivity contribution in [3.63, 3.8) is 0 Å². The third-order valence-corrected chi connectivity index (χ3v) is 3.15. The summed E-state index contributed by atoms with van der Waals surface area (Å²) in [5.74, 6) is -0.757. The lowest BCUT2D eigenvalue weighted by atomic mass is 10.0. The van der Waals surface area contributed by atoms with Crippen molar-refractivity contribution in [1.82, 2.24) is 0 Å². The van der Waals surface area contributed by atoms with Gasteiger partial charge in [0.1, 0.15) is 5.82 Å². The first-order chi connectivity index (χ1) is 8.99. The molecule has 0 aliphatic rings. The number of carbonyl (C=O) groups is 1. The van der Waals surface area contributed by atoms with Gasteiger partial charge in [-0.3, -0.25) is 4.79 Å². The van der Waals surface area contributed by atoms with E-state index in [9.17, 15) is 9.18 Å². The highest BCUT2D eigenvalue weighted by atomic mass is 35.5. The molecule has 98 valence electrons. The summed E-state index contributed by atoms with van der Waals surface area (Å²) < 4.78 is 13.2. The van der Waals surface area contributed by atoms with E-state index >= 15 is 0 Å². The van der Waals surface area contributed by atoms with Gasteiger partial charge in [-0.05, 0) is 42.5 Å². The van der Waals surface area contributed by atoms with Crippen LogP contribution in [0, 0.1) is 5.82 Å². The molecule has 19 heavy (non-hydrogen) atoms. The molecule has 0 bridgehead atoms. The highest BCUT2D eigenvalue weighted by molar-refractivity contribution is 6.35. The summed E-state index contributed by atoms with van der Waals surface area (Å²) in [6.45, 7) is 0. The fourth-order valence-electron chi connectivity index (χ4n) is 1.74. The van der Waals surface area contributed by atoms with Crippen LogP contribution in [0.1, 0.15) is 15.9 Å². The summed E-state index contributed by atoms with van der Waals surface area (Å²) in [6, 6.07) is 10.9. The molecule has 4 heteroatoms. The minimum absolute atomic E-state index is 0.180. The number of nitrogens with zero attached hydrogens (tertiary/aromatic N) is 1. The summed E-state index contributed by atoms with van der Waals surface area (Å²) in [4.78, 5) is 14.2. The quantitative estimate of drug-likeness (QED) is 0.796. The van der Waals surface area contributed by atoms with Gasteiger partial charge in [0.2, 0.25) is 0 Å². The second-order valence-electron chi connectivity index (χ2n) is 4.39. The summed E-state index contributed by atoms with van der Waals surface area (Å²) in [5, 5.41) is 0.253. The Kier molecular flexibility index (Phi) is 3.86. The number of hydrogen-bond donors (Lipinski definition) is 0. The van der Waals surface area contributed by atoms with E-state index in [4.69, 9.17) is 11.6 Å². The molecule has 0 amide bonds. The van der Waals surface area contributed by atoms with E-state index in [-0.39, 0.29) is 16.4 Å². The molecule has 0 atom stereocenters. The number of rotatable bonds is 3. The van der Waals surface area contributed by atoms with Crippen LogP contribution in [0.15, 0.2) is 42.5 Å². The number of ketones is 1. The zero-order valence-corrected chi connectivity index (χ0v) is 11.4. The predicted octanol–water partition coefficient (Wildman–Crippen LogP) is 3.78. The van der Waals surface area contributed by atoms with Crippen LogP contribution in [0.5, 0.6) is 0 Å². The zero-order valence-electron chi connectivity index (χ0n) is 10.7. The maximum absolute atomic E-state index is 13.2. The van der Waals surface area contributed by atoms with E-state index in [1.54, 1.807) is 12.1 Å². The van der Waals surface area contributed by atoms with Crippen LogP contribution in [-0.4, -0.2) is 19.9 Å². The van der Waals surface area contributed by atoms with Gasteiger partial charge >= 0.3 is 0 Å². The van der Waals surface area contributed by atoms with Gasteiger partial charge in [0, 0.05) is 30.9 Å². The summed E-state index contributed by atoms with van der Waals surface area (Å²) in [6.07, 6.45) is 0. The fourth-order valence-corrected chi connectivity index (χ4v) is 1.94. The number of carbonyl (C=O) groups excluding carboxylic acids is 1. The van der Waals surface area contributed by atoms with E-state index in [0.29, 0.717) is 5.56 Å². The van der Waals surface area contributed by atoms with Crippen LogP contribution in [0.4, 0.5) is 10.1 Å². The Morgan fingerprint density at radius 3 is 2.32 bits per heavy atom. The van der Waals surface area contributed by atoms with Crippen molar-refractivity contribution in [2.75, 3.05) is 19.0 Å². The number of anilines is 1. The Labute approximate surface area is 116 Å². The van der Waals surface area contributed by atoms with E-state index in [1.807, 2.05) is 31.1 Å². The van der Waals surface area contributed by atoms with Crippen molar-refractivity contribution < 1.29 is 9.18 Å². The second-order valence-corrected chi connectivity index (χ2v) is 4.80. The molecule has 2 aromatic rings. The van der Waals surface area contributed by atoms with Crippen molar-refractivity contribution in [3.05, 3.63) is 64.4 Å². The van der Waals surface area contributed by atoms with Crippen molar-refractivity contribution in [1.29, 1.82) is 0 Å². The van der Waals surface area contributed by atoms with Gasteiger partial charge in [-0.25, -0.2) is 4.39 Å². The molecule has 2 aromatic carbocycles. The monoisotopic (exact) mass is 277 g/mol. The van der Waals surface area contributed by atoms with Crippen LogP contribution in [-0.2, 0) is 0 Å². The maximum atomic E-state index is 13.2. The SMILES string of the molecule is CN(C)c1ccc(C(=O)c2cc(F)ccc2Cl)cc1. The molecule has 0 saturated carbocycles. The Morgan fingerprint density at radius 2 is 1.74 bits per heavy atom. The molecule has 0 unspecified atom stereocenters. The van der Waals surface area contributed by atoms with Crippen LogP contribution in [0.3, 0.4) is 0 Å². The average Bonchev–Trinajstić information content (AvgIpc) is 2.41. The lowest BCUT2D eigenvalue weighted by Gasteiger charge is -2.12. The molecule has 0 aliphatic carbocycles. The molecular weight excluding hydrogens is 265 g/mol. The maximum Gasteiger partial charge on any atom is 0.194 e. The molecule has 0 heterocycles. The third kappa shape index (κ3) is 2.93. The fraction of sp³-hybridized carbons (Fsp3) is 0.133. The predicted molar refractivity (Wildman–Crippen MR) is 75.6 cm³/mol. The topological polar surface area (TPSA) is 20.3 Å². The number of halogens is 2. The number of hydrogen-bond acceptors (Lipinski definition) is 2. The lowest BCUT2D eigenvalue weighted by Crippen LogP contribution is -2.09. The van der Waals surface area contributed by atoms with Gasteiger partial charge in [-0.2, -0.15) is 0 Å². The molecule has 0 fully saturated rings. The van der Waals surface area contributed by atoms with Crippen LogP contribution >= 0.6 is 11.6 Å². The highest BCUT2D eigenvalue weighted by Gasteiger charge is 2.13. The Balaban J connectivity index is 2.36. The first-order valence-electron chi connectivity index (χ1n) is 5.76. The number of benzene rings is 2. The first-order valence-corrected chi connectivity index (χ1v) is 6.14. The van der Waals surface area contributed by atoms with Gasteiger partial charge in [0.05, 0.1) is 5.02 Å². The molecule has 0 aromatic heterocycles. The van der Waals surface area contributed by atoms with Crippen LogP contribution in [0.25, 0.3) is 0 Å². The van der Waals surface area contributed by atoms with Crippen molar-refractivity contribution in [2.45, 2.75) is 0 Å². The van der Waals surface area contributed by atoms with E-state index < -0.39 is 5.82 Å². The molecule has 0 spiro atoms. The van der Waals surface area contributed by atoms with Crippen LogP contribution in [0.2, 0.25) is 5.02 Å². The largest absolute Gasteiger partial charge is 0.378 e. The zero-order chi connectivity index (χ0) is 14.0. The van der Waals surface area contributed by atoms with Crippen molar-refractivity contribution >= 4 is 23.1 Å². The van der Waals surface area contributed by atoms with Crippen molar-refractivity contribution in [3.8, 4) is 0 Å². The van der Waals surface area contributed by atoms with E-state index in [0.717, 1.165) is 11.8 Å². The molecule has 0 N–H and O–H groups in total. The second kappa shape index (κ2) is 5.41. The van der Waals surface area contributed by atoms with Crippen molar-refractivity contribution in [2.24, 2.45) is 0 Å². The van der Waals surface area contributed by atoms with E-state index in [2.05, 4.69) is 0 Å². The molecule has 0 saturated heterocycles. The standard InChI is InChI=1S/C15H13ClFNO/c1-18(2)12-6-3-10(4-7-12)15(19)13-9-11(17)5-8-14(13)16/h3-9H,1-2H3. The lowest BCUT2D eigenvalue weighted by molar-refractivity contribution is 0.103. The van der Waals surface area contributed by atoms with Gasteiger partial charge in [0.15, 0.2) is 5.78 Å². The van der Waals surface area contributed by atoms with E-state index in [1.165, 1.54) is 12.1 Å². The summed E-state index contributed by atoms with van der Waals surface area (Å²) >= 11 is 5.93. The normalized spacial score (nSPS) is 10.3. The third-order valence-electron chi connectivity index (χ3n) is 2.82. The molecule has 2 nitrogen and oxygen atoms in total. The minimum atomic E-state index is -0.474.